The first-order chi connectivity index (χ1) is 15.5. The van der Waals surface area contributed by atoms with Gasteiger partial charge in [0.2, 0.25) is 5.43 Å². The number of aromatic hydroxyl groups is 1. The largest absolute Gasteiger partial charge is 0.507 e. The Morgan fingerprint density at radius 3 is 2.44 bits per heavy atom. The Morgan fingerprint density at radius 2 is 1.69 bits per heavy atom. The minimum Gasteiger partial charge on any atom is -0.507 e. The van der Waals surface area contributed by atoms with E-state index < -0.39 is 0 Å². The number of ether oxygens (including phenoxy) is 1. The highest BCUT2D eigenvalue weighted by atomic mass is 16.5. The summed E-state index contributed by atoms with van der Waals surface area (Å²) < 4.78 is 11.9. The molecule has 1 heterocycles. The number of hydrogen-bond acceptors (Lipinski definition) is 5. The fourth-order valence-corrected chi connectivity index (χ4v) is 4.05. The lowest BCUT2D eigenvalue weighted by atomic mass is 10.0. The number of phenolic OH excluding ortho intramolecular Hbond substituents is 1. The van der Waals surface area contributed by atoms with Crippen molar-refractivity contribution in [3.63, 3.8) is 0 Å². The molecule has 0 spiro atoms. The van der Waals surface area contributed by atoms with Crippen LogP contribution in [0.5, 0.6) is 11.5 Å². The van der Waals surface area contributed by atoms with E-state index in [1.54, 1.807) is 19.1 Å². The molecule has 0 fully saturated rings. The number of phenols is 1. The predicted octanol–water partition coefficient (Wildman–Crippen LogP) is 5.50. The summed E-state index contributed by atoms with van der Waals surface area (Å²) in [4.78, 5) is 15.4. The zero-order valence-corrected chi connectivity index (χ0v) is 18.6. The second-order valence-electron chi connectivity index (χ2n) is 7.88. The lowest BCUT2D eigenvalue weighted by Gasteiger charge is -2.20. The van der Waals surface area contributed by atoms with Gasteiger partial charge in [-0.2, -0.15) is 0 Å². The van der Waals surface area contributed by atoms with Gasteiger partial charge in [-0.3, -0.25) is 9.69 Å². The predicted molar refractivity (Wildman–Crippen MR) is 127 cm³/mol. The van der Waals surface area contributed by atoms with Crippen molar-refractivity contribution in [2.45, 2.75) is 26.9 Å². The third-order valence-electron chi connectivity index (χ3n) is 5.52. The molecule has 0 amide bonds. The second-order valence-corrected chi connectivity index (χ2v) is 7.88. The summed E-state index contributed by atoms with van der Waals surface area (Å²) in [5, 5.41) is 11.1. The van der Waals surface area contributed by atoms with Gasteiger partial charge in [0.1, 0.15) is 22.8 Å². The Balaban J connectivity index is 1.72. The molecule has 0 aliphatic carbocycles. The highest BCUT2D eigenvalue weighted by Gasteiger charge is 2.19. The van der Waals surface area contributed by atoms with Crippen molar-refractivity contribution >= 4 is 11.0 Å². The molecule has 0 saturated heterocycles. The van der Waals surface area contributed by atoms with E-state index in [9.17, 15) is 9.90 Å². The van der Waals surface area contributed by atoms with E-state index in [4.69, 9.17) is 9.15 Å². The molecule has 32 heavy (non-hydrogen) atoms. The van der Waals surface area contributed by atoms with Gasteiger partial charge < -0.3 is 14.3 Å². The summed E-state index contributed by atoms with van der Waals surface area (Å²) in [6, 6.07) is 20.6. The van der Waals surface area contributed by atoms with Gasteiger partial charge in [-0.25, -0.2) is 0 Å². The molecular weight excluding hydrogens is 402 g/mol. The Bertz CT molecular complexity index is 1290. The van der Waals surface area contributed by atoms with Gasteiger partial charge in [0.05, 0.1) is 23.1 Å². The molecule has 0 saturated carbocycles. The molecule has 0 aliphatic rings. The van der Waals surface area contributed by atoms with E-state index in [0.29, 0.717) is 47.6 Å². The molecule has 5 nitrogen and oxygen atoms in total. The maximum Gasteiger partial charge on any atom is 0.200 e. The molecule has 4 aromatic rings. The van der Waals surface area contributed by atoms with Crippen molar-refractivity contribution in [1.82, 2.24) is 4.90 Å². The molecule has 164 valence electrons. The summed E-state index contributed by atoms with van der Waals surface area (Å²) in [5.41, 5.74) is 3.35. The molecule has 0 unspecified atom stereocenters. The third-order valence-corrected chi connectivity index (χ3v) is 5.52. The van der Waals surface area contributed by atoms with Gasteiger partial charge in [-0.1, -0.05) is 48.5 Å². The van der Waals surface area contributed by atoms with Crippen LogP contribution in [0.1, 0.15) is 23.8 Å². The molecule has 0 bridgehead atoms. The number of nitrogens with zero attached hydrogens (tertiary/aromatic N) is 1. The fraction of sp³-hybridized carbons (Fsp3) is 0.222. The zero-order valence-electron chi connectivity index (χ0n) is 18.6. The average Bonchev–Trinajstić information content (AvgIpc) is 2.78. The second kappa shape index (κ2) is 9.28. The van der Waals surface area contributed by atoms with Gasteiger partial charge in [0, 0.05) is 18.7 Å². The summed E-state index contributed by atoms with van der Waals surface area (Å²) in [6.07, 6.45) is 0. The number of benzene rings is 3. The average molecular weight is 430 g/mol. The molecule has 0 aliphatic heterocycles. The molecule has 1 aromatic heterocycles. The summed E-state index contributed by atoms with van der Waals surface area (Å²) in [7, 11) is 1.96. The van der Waals surface area contributed by atoms with Crippen molar-refractivity contribution < 1.29 is 14.3 Å². The molecule has 0 radical (unpaired) electrons. The molecule has 0 atom stereocenters. The Kier molecular flexibility index (Phi) is 6.28. The van der Waals surface area contributed by atoms with Gasteiger partial charge in [0.25, 0.3) is 0 Å². The third kappa shape index (κ3) is 4.25. The van der Waals surface area contributed by atoms with E-state index in [1.807, 2.05) is 68.6 Å². The number of aryl methyl sites for hydroxylation is 1. The van der Waals surface area contributed by atoms with Crippen LogP contribution in [0.3, 0.4) is 0 Å². The van der Waals surface area contributed by atoms with Crippen molar-refractivity contribution in [3.8, 4) is 22.6 Å². The number of para-hydroxylation sites is 1. The van der Waals surface area contributed by atoms with E-state index >= 15 is 0 Å². The Morgan fingerprint density at radius 1 is 0.969 bits per heavy atom. The fourth-order valence-electron chi connectivity index (χ4n) is 4.05. The van der Waals surface area contributed by atoms with E-state index in [-0.39, 0.29) is 11.2 Å². The van der Waals surface area contributed by atoms with Crippen LogP contribution in [0.25, 0.3) is 22.1 Å². The van der Waals surface area contributed by atoms with Crippen LogP contribution in [-0.4, -0.2) is 23.7 Å². The van der Waals surface area contributed by atoms with Gasteiger partial charge in [0.15, 0.2) is 0 Å². The number of fused-ring (bicyclic) bond motifs is 1. The monoisotopic (exact) mass is 429 g/mol. The quantitative estimate of drug-likeness (QED) is 0.420. The minimum atomic E-state index is -0.0967. The molecular formula is C27H27NO4. The maximum atomic E-state index is 13.3. The van der Waals surface area contributed by atoms with E-state index in [2.05, 4.69) is 4.90 Å². The van der Waals surface area contributed by atoms with Crippen molar-refractivity contribution in [2.75, 3.05) is 13.7 Å². The van der Waals surface area contributed by atoms with E-state index in [1.165, 1.54) is 0 Å². The smallest absolute Gasteiger partial charge is 0.200 e. The molecule has 4 rings (SSSR count). The van der Waals surface area contributed by atoms with Crippen LogP contribution in [0.15, 0.2) is 75.9 Å². The van der Waals surface area contributed by atoms with Gasteiger partial charge in [-0.15, -0.1) is 0 Å². The van der Waals surface area contributed by atoms with Crippen LogP contribution in [0, 0.1) is 6.92 Å². The van der Waals surface area contributed by atoms with Crippen LogP contribution < -0.4 is 10.2 Å². The van der Waals surface area contributed by atoms with Crippen LogP contribution in [-0.2, 0) is 13.1 Å². The zero-order chi connectivity index (χ0) is 22.7. The highest BCUT2D eigenvalue weighted by molar-refractivity contribution is 5.86. The molecule has 1 N–H and O–H groups in total. The Hall–Kier alpha value is -3.57. The standard InChI is InChI=1S/C27H27NO4/c1-4-31-24-13-9-8-12-20(24)16-28(3)17-22-23(29)15-14-21-26(30)25(18(2)32-27(21)22)19-10-6-5-7-11-19/h5-15,29H,4,16-17H2,1-3H3. The van der Waals surface area contributed by atoms with Gasteiger partial charge >= 0.3 is 0 Å². The van der Waals surface area contributed by atoms with E-state index in [0.717, 1.165) is 16.9 Å². The summed E-state index contributed by atoms with van der Waals surface area (Å²) >= 11 is 0. The highest BCUT2D eigenvalue weighted by Crippen LogP contribution is 2.31. The molecule has 3 aromatic carbocycles. The van der Waals surface area contributed by atoms with Crippen LogP contribution >= 0.6 is 0 Å². The van der Waals surface area contributed by atoms with Crippen molar-refractivity contribution in [3.05, 3.63) is 93.8 Å². The lowest BCUT2D eigenvalue weighted by Crippen LogP contribution is -2.19. The van der Waals surface area contributed by atoms with Crippen molar-refractivity contribution in [2.24, 2.45) is 0 Å². The lowest BCUT2D eigenvalue weighted by molar-refractivity contribution is 0.294. The van der Waals surface area contributed by atoms with Crippen LogP contribution in [0.2, 0.25) is 0 Å². The first-order valence-electron chi connectivity index (χ1n) is 10.7. The topological polar surface area (TPSA) is 62.9 Å². The van der Waals surface area contributed by atoms with Gasteiger partial charge in [-0.05, 0) is 44.7 Å². The minimum absolute atomic E-state index is 0.0967. The Labute approximate surface area is 187 Å². The molecule has 5 heteroatoms. The number of rotatable bonds is 7. The first kappa shape index (κ1) is 21.7. The van der Waals surface area contributed by atoms with Crippen molar-refractivity contribution in [1.29, 1.82) is 0 Å². The summed E-state index contributed by atoms with van der Waals surface area (Å²) in [6.45, 7) is 5.38. The summed E-state index contributed by atoms with van der Waals surface area (Å²) in [5.74, 6) is 1.49. The number of hydrogen-bond donors (Lipinski definition) is 1. The normalized spacial score (nSPS) is 11.2. The maximum absolute atomic E-state index is 13.3. The SMILES string of the molecule is CCOc1ccccc1CN(C)Cc1c(O)ccc2c(=O)c(-c3ccccc3)c(C)oc12. The van der Waals surface area contributed by atoms with Crippen LogP contribution in [0.4, 0.5) is 0 Å². The first-order valence-corrected chi connectivity index (χ1v) is 10.7.